The van der Waals surface area contributed by atoms with Crippen LogP contribution in [0.1, 0.15) is 31.9 Å². The highest BCUT2D eigenvalue weighted by Crippen LogP contribution is 2.26. The highest BCUT2D eigenvalue weighted by atomic mass is 35.5. The van der Waals surface area contributed by atoms with E-state index in [-0.39, 0.29) is 6.04 Å². The van der Waals surface area contributed by atoms with Crippen LogP contribution in [0.2, 0.25) is 10.0 Å². The van der Waals surface area contributed by atoms with E-state index < -0.39 is 0 Å². The molecule has 1 aromatic rings. The van der Waals surface area contributed by atoms with E-state index in [9.17, 15) is 0 Å². The molecule has 0 saturated carbocycles. The molecule has 4 heteroatoms. The van der Waals surface area contributed by atoms with Gasteiger partial charge in [0.2, 0.25) is 0 Å². The topological polar surface area (TPSA) is 21.3 Å². The number of nitrogens with one attached hydrogen (secondary N) is 1. The van der Waals surface area contributed by atoms with Gasteiger partial charge in [-0.15, -0.1) is 0 Å². The van der Waals surface area contributed by atoms with Gasteiger partial charge in [0.1, 0.15) is 0 Å². The van der Waals surface area contributed by atoms with Crippen molar-refractivity contribution in [2.45, 2.75) is 32.4 Å². The number of benzene rings is 1. The maximum atomic E-state index is 6.03. The monoisotopic (exact) mass is 287 g/mol. The highest BCUT2D eigenvalue weighted by molar-refractivity contribution is 6.42. The fourth-order valence-electron chi connectivity index (χ4n) is 2.27. The predicted octanol–water partition coefficient (Wildman–Crippen LogP) is 4.07. The molecule has 0 bridgehead atoms. The van der Waals surface area contributed by atoms with Crippen LogP contribution in [-0.2, 0) is 4.74 Å². The fraction of sp³-hybridized carbons (Fsp3) is 0.571. The van der Waals surface area contributed by atoms with Crippen LogP contribution in [0.4, 0.5) is 0 Å². The first-order valence-electron chi connectivity index (χ1n) is 6.38. The van der Waals surface area contributed by atoms with E-state index in [2.05, 4.69) is 19.2 Å². The summed E-state index contributed by atoms with van der Waals surface area (Å²) < 4.78 is 5.56. The Labute approximate surface area is 119 Å². The Morgan fingerprint density at radius 2 is 2.17 bits per heavy atom. The largest absolute Gasteiger partial charge is 0.378 e. The third-order valence-corrected chi connectivity index (χ3v) is 4.40. The van der Waals surface area contributed by atoms with E-state index in [0.717, 1.165) is 25.1 Å². The molecule has 1 saturated heterocycles. The van der Waals surface area contributed by atoms with Gasteiger partial charge in [0.05, 0.1) is 16.1 Å². The molecule has 2 nitrogen and oxygen atoms in total. The van der Waals surface area contributed by atoms with Gasteiger partial charge in [-0.2, -0.15) is 0 Å². The summed E-state index contributed by atoms with van der Waals surface area (Å²) in [6.45, 7) is 6.14. The Morgan fingerprint density at radius 3 is 2.78 bits per heavy atom. The lowest BCUT2D eigenvalue weighted by atomic mass is 10.0. The average Bonchev–Trinajstić information content (AvgIpc) is 2.75. The molecule has 0 spiro atoms. The molecule has 1 fully saturated rings. The minimum absolute atomic E-state index is 0.271. The molecule has 100 valence electrons. The minimum atomic E-state index is 0.271. The zero-order chi connectivity index (χ0) is 13.1. The van der Waals surface area contributed by atoms with Crippen LogP contribution in [0.25, 0.3) is 0 Å². The summed E-state index contributed by atoms with van der Waals surface area (Å²) in [5.41, 5.74) is 1.16. The minimum Gasteiger partial charge on any atom is -0.378 e. The van der Waals surface area contributed by atoms with Crippen molar-refractivity contribution in [2.24, 2.45) is 5.92 Å². The molecule has 3 atom stereocenters. The zero-order valence-corrected chi connectivity index (χ0v) is 12.3. The highest BCUT2D eigenvalue weighted by Gasteiger charge is 2.24. The molecule has 0 amide bonds. The van der Waals surface area contributed by atoms with Gasteiger partial charge in [-0.25, -0.2) is 0 Å². The second kappa shape index (κ2) is 6.25. The summed E-state index contributed by atoms with van der Waals surface area (Å²) in [7, 11) is 0. The van der Waals surface area contributed by atoms with E-state index >= 15 is 0 Å². The maximum Gasteiger partial charge on any atom is 0.0595 e. The fourth-order valence-corrected chi connectivity index (χ4v) is 2.58. The van der Waals surface area contributed by atoms with Crippen molar-refractivity contribution in [3.8, 4) is 0 Å². The van der Waals surface area contributed by atoms with Gasteiger partial charge in [0.15, 0.2) is 0 Å². The van der Waals surface area contributed by atoms with E-state index in [4.69, 9.17) is 27.9 Å². The van der Waals surface area contributed by atoms with Crippen LogP contribution < -0.4 is 5.32 Å². The van der Waals surface area contributed by atoms with Crippen molar-refractivity contribution in [2.75, 3.05) is 13.2 Å². The lowest BCUT2D eigenvalue weighted by molar-refractivity contribution is 0.105. The first-order chi connectivity index (χ1) is 8.58. The van der Waals surface area contributed by atoms with E-state index in [0.29, 0.717) is 22.1 Å². The van der Waals surface area contributed by atoms with Gasteiger partial charge in [0.25, 0.3) is 0 Å². The normalized spacial score (nSPS) is 25.3. The molecule has 1 aromatic carbocycles. The van der Waals surface area contributed by atoms with Gasteiger partial charge in [0, 0.05) is 19.2 Å². The molecule has 2 rings (SSSR count). The van der Waals surface area contributed by atoms with Crippen LogP contribution in [0, 0.1) is 5.92 Å². The predicted molar refractivity (Wildman–Crippen MR) is 76.4 cm³/mol. The first kappa shape index (κ1) is 14.1. The second-order valence-corrected chi connectivity index (χ2v) is 5.74. The lowest BCUT2D eigenvalue weighted by Crippen LogP contribution is -2.29. The Kier molecular flexibility index (Phi) is 4.91. The van der Waals surface area contributed by atoms with Crippen LogP contribution in [0.5, 0.6) is 0 Å². The summed E-state index contributed by atoms with van der Waals surface area (Å²) in [5.74, 6) is 0.607. The van der Waals surface area contributed by atoms with Gasteiger partial charge in [-0.1, -0.05) is 29.3 Å². The summed E-state index contributed by atoms with van der Waals surface area (Å²) >= 11 is 11.9. The van der Waals surface area contributed by atoms with Gasteiger partial charge < -0.3 is 10.1 Å². The van der Waals surface area contributed by atoms with Crippen molar-refractivity contribution in [3.63, 3.8) is 0 Å². The molecule has 3 unspecified atom stereocenters. The lowest BCUT2D eigenvalue weighted by Gasteiger charge is -2.19. The molecule has 1 aliphatic heterocycles. The Hall–Kier alpha value is -0.280. The van der Waals surface area contributed by atoms with Crippen LogP contribution in [-0.4, -0.2) is 19.3 Å². The molecule has 1 N–H and O–H groups in total. The quantitative estimate of drug-likeness (QED) is 0.901. The van der Waals surface area contributed by atoms with Crippen molar-refractivity contribution >= 4 is 23.2 Å². The molecule has 0 radical (unpaired) electrons. The number of rotatable bonds is 4. The third-order valence-electron chi connectivity index (χ3n) is 3.66. The molecule has 0 aliphatic carbocycles. The van der Waals surface area contributed by atoms with Crippen molar-refractivity contribution < 1.29 is 4.74 Å². The van der Waals surface area contributed by atoms with Gasteiger partial charge in [-0.05, 0) is 43.9 Å². The smallest absolute Gasteiger partial charge is 0.0595 e. The standard InChI is InChI=1S/C14H19Cl2NO/c1-9(11-3-4-13(15)14(16)7-11)17-8-12-5-6-18-10(12)2/h3-4,7,9-10,12,17H,5-6,8H2,1-2H3. The summed E-state index contributed by atoms with van der Waals surface area (Å²) in [6, 6.07) is 6.06. The molecule has 1 heterocycles. The van der Waals surface area contributed by atoms with Crippen LogP contribution in [0.15, 0.2) is 18.2 Å². The number of hydrogen-bond acceptors (Lipinski definition) is 2. The van der Waals surface area contributed by atoms with Gasteiger partial charge in [-0.3, -0.25) is 0 Å². The van der Waals surface area contributed by atoms with Crippen LogP contribution >= 0.6 is 23.2 Å². The number of halogens is 2. The van der Waals surface area contributed by atoms with Crippen molar-refractivity contribution in [1.82, 2.24) is 5.32 Å². The summed E-state index contributed by atoms with van der Waals surface area (Å²) in [6.07, 6.45) is 1.50. The van der Waals surface area contributed by atoms with Crippen molar-refractivity contribution in [3.05, 3.63) is 33.8 Å². The third kappa shape index (κ3) is 3.39. The first-order valence-corrected chi connectivity index (χ1v) is 7.13. The summed E-state index contributed by atoms with van der Waals surface area (Å²) in [5, 5.41) is 4.75. The maximum absolute atomic E-state index is 6.03. The Bertz CT molecular complexity index is 411. The van der Waals surface area contributed by atoms with Crippen molar-refractivity contribution in [1.29, 1.82) is 0 Å². The molecule has 0 aromatic heterocycles. The van der Waals surface area contributed by atoms with Crippen LogP contribution in [0.3, 0.4) is 0 Å². The summed E-state index contributed by atoms with van der Waals surface area (Å²) in [4.78, 5) is 0. The van der Waals surface area contributed by atoms with E-state index in [1.54, 1.807) is 0 Å². The molecule has 18 heavy (non-hydrogen) atoms. The molecular weight excluding hydrogens is 269 g/mol. The number of hydrogen-bond donors (Lipinski definition) is 1. The number of ether oxygens (including phenoxy) is 1. The van der Waals surface area contributed by atoms with E-state index in [1.807, 2.05) is 18.2 Å². The van der Waals surface area contributed by atoms with E-state index in [1.165, 1.54) is 0 Å². The second-order valence-electron chi connectivity index (χ2n) is 4.93. The average molecular weight is 288 g/mol. The molecular formula is C14H19Cl2NO. The Balaban J connectivity index is 1.90. The molecule has 1 aliphatic rings. The SMILES string of the molecule is CC(NCC1CCOC1C)c1ccc(Cl)c(Cl)c1. The van der Waals surface area contributed by atoms with Gasteiger partial charge >= 0.3 is 0 Å². The Morgan fingerprint density at radius 1 is 1.39 bits per heavy atom. The zero-order valence-electron chi connectivity index (χ0n) is 10.7.